The Hall–Kier alpha value is -2.03. The van der Waals surface area contributed by atoms with E-state index in [4.69, 9.17) is 6.15 Å². The van der Waals surface area contributed by atoms with Crippen LogP contribution < -0.4 is 10.0 Å². The van der Waals surface area contributed by atoms with Crippen LogP contribution in [0.2, 0.25) is 1.41 Å². The summed E-state index contributed by atoms with van der Waals surface area (Å²) >= 11 is 0. The number of methoxy groups -OCH3 is 1. The van der Waals surface area contributed by atoms with Gasteiger partial charge in [-0.15, -0.1) is 0 Å². The molecule has 0 spiro atoms. The number of nitrogens with one attached hydrogen (secondary N) is 1. The van der Waals surface area contributed by atoms with Crippen LogP contribution >= 0.6 is 0 Å². The molecule has 0 atom stereocenters. The van der Waals surface area contributed by atoms with Crippen LogP contribution in [0.5, 0.6) is 5.75 Å². The Labute approximate surface area is 108 Å². The average molecular weight is 244 g/mol. The summed E-state index contributed by atoms with van der Waals surface area (Å²) in [6.07, 6.45) is 0.660. The Morgan fingerprint density at radius 3 is 2.94 bits per heavy atom. The van der Waals surface area contributed by atoms with Gasteiger partial charge in [-0.05, 0) is 34.9 Å². The van der Waals surface area contributed by atoms with Crippen molar-refractivity contribution in [3.63, 3.8) is 0 Å². The van der Waals surface area contributed by atoms with Crippen LogP contribution in [0.15, 0.2) is 36.4 Å². The lowest BCUT2D eigenvalue weighted by atomic mass is 10.0. The molecular formula is C15H17NO2. The van der Waals surface area contributed by atoms with Crippen LogP contribution in [0, 0.1) is 0 Å². The molecule has 18 heavy (non-hydrogen) atoms. The quantitative estimate of drug-likeness (QED) is 0.897. The molecule has 1 N–H and O–H groups in total. The summed E-state index contributed by atoms with van der Waals surface area (Å²) in [4.78, 5) is 11.0. The fraction of sp³-hybridized carbons (Fsp3) is 0.267. The van der Waals surface area contributed by atoms with Gasteiger partial charge in [-0.1, -0.05) is 24.3 Å². The molecule has 3 heteroatoms. The Kier molecular flexibility index (Phi) is 3.41. The van der Waals surface area contributed by atoms with Gasteiger partial charge in [0.15, 0.2) is 1.41 Å². The molecule has 0 heterocycles. The Balaban J connectivity index is 2.29. The van der Waals surface area contributed by atoms with Crippen LogP contribution in [0.4, 0.5) is 0 Å². The van der Waals surface area contributed by atoms with Crippen molar-refractivity contribution in [3.05, 3.63) is 42.0 Å². The lowest BCUT2D eigenvalue weighted by Crippen LogP contribution is -2.22. The molecule has 0 bridgehead atoms. The number of carbonyl (C=O) groups is 1. The summed E-state index contributed by atoms with van der Waals surface area (Å²) in [5.74, 6) is 0.576. The summed E-state index contributed by atoms with van der Waals surface area (Å²) in [7, 11) is 1.64. The van der Waals surface area contributed by atoms with Crippen molar-refractivity contribution in [2.45, 2.75) is 13.3 Å². The van der Waals surface area contributed by atoms with Gasteiger partial charge in [-0.3, -0.25) is 4.79 Å². The molecule has 1 amide bonds. The lowest BCUT2D eigenvalue weighted by molar-refractivity contribution is -0.118. The third-order valence-corrected chi connectivity index (χ3v) is 2.90. The predicted octanol–water partition coefficient (Wildman–Crippen LogP) is 2.53. The second kappa shape index (κ2) is 5.54. The molecule has 0 aliphatic carbocycles. The summed E-state index contributed by atoms with van der Waals surface area (Å²) in [5, 5.41) is 3.23. The van der Waals surface area contributed by atoms with Crippen molar-refractivity contribution in [1.29, 1.82) is 0 Å². The second-order valence-corrected chi connectivity index (χ2v) is 4.15. The highest BCUT2D eigenvalue weighted by Gasteiger charge is 2.03. The van der Waals surface area contributed by atoms with Gasteiger partial charge < -0.3 is 10.0 Å². The fourth-order valence-electron chi connectivity index (χ4n) is 2.00. The van der Waals surface area contributed by atoms with E-state index in [-0.39, 0.29) is 5.91 Å². The zero-order chi connectivity index (χ0) is 13.8. The highest BCUT2D eigenvalue weighted by atomic mass is 16.5. The topological polar surface area (TPSA) is 38.3 Å². The van der Waals surface area contributed by atoms with Gasteiger partial charge in [-0.2, -0.15) is 0 Å². The molecule has 0 aromatic heterocycles. The zero-order valence-electron chi connectivity index (χ0n) is 11.6. The Bertz CT molecular complexity index is 598. The van der Waals surface area contributed by atoms with E-state index >= 15 is 0 Å². The monoisotopic (exact) mass is 244 g/mol. The molecule has 94 valence electrons. The van der Waals surface area contributed by atoms with Gasteiger partial charge in [0.05, 0.1) is 7.11 Å². The van der Waals surface area contributed by atoms with E-state index in [0.29, 0.717) is 13.0 Å². The average Bonchev–Trinajstić information content (AvgIpc) is 2.43. The van der Waals surface area contributed by atoms with Crippen molar-refractivity contribution in [3.8, 4) is 5.75 Å². The van der Waals surface area contributed by atoms with E-state index in [9.17, 15) is 4.79 Å². The second-order valence-electron chi connectivity index (χ2n) is 4.15. The number of fused-ring (bicyclic) bond motifs is 1. The highest BCUT2D eigenvalue weighted by molar-refractivity contribution is 5.87. The maximum atomic E-state index is 11.0. The number of carbonyl (C=O) groups excluding carboxylic acids is 1. The standard InChI is InChI=1S/C15H17NO2/c1-11(17)16-9-8-13-5-3-4-12-6-7-14(18-2)10-15(12)13/h3-7,10H,8-9H2,1-2H3,(H,16,17)/i/hD. The number of hydrogen-bond donors (Lipinski definition) is 1. The van der Waals surface area contributed by atoms with Crippen molar-refractivity contribution in [1.82, 2.24) is 5.31 Å². The first kappa shape index (κ1) is 11.1. The molecule has 3 nitrogen and oxygen atoms in total. The molecule has 2 aromatic carbocycles. The van der Waals surface area contributed by atoms with Gasteiger partial charge >= 0.3 is 0 Å². The summed E-state index contributed by atoms with van der Waals surface area (Å²) in [6.45, 7) is 1.80. The van der Waals surface area contributed by atoms with Gasteiger partial charge in [-0.25, -0.2) is 0 Å². The molecule has 0 aliphatic rings. The first-order valence-electron chi connectivity index (χ1n) is 6.39. The first-order chi connectivity index (χ1) is 9.11. The van der Waals surface area contributed by atoms with E-state index in [1.807, 2.05) is 36.4 Å². The number of rotatable bonds is 4. The van der Waals surface area contributed by atoms with Crippen LogP contribution in [0.1, 0.15) is 12.5 Å². The minimum absolute atomic E-state index is 0.238. The smallest absolute Gasteiger partial charge is 0.216 e. The normalized spacial score (nSPS) is 11.1. The van der Waals surface area contributed by atoms with Crippen molar-refractivity contribution < 1.29 is 10.9 Å². The van der Waals surface area contributed by atoms with Crippen LogP contribution in [-0.2, 0) is 11.2 Å². The molecule has 0 saturated heterocycles. The van der Waals surface area contributed by atoms with E-state index < -0.39 is 0 Å². The lowest BCUT2D eigenvalue weighted by Gasteiger charge is -2.08. The Morgan fingerprint density at radius 1 is 1.39 bits per heavy atom. The number of ether oxygens (including phenoxy) is 1. The first-order valence-corrected chi connectivity index (χ1v) is 5.94. The third kappa shape index (κ3) is 2.80. The maximum absolute atomic E-state index is 11.0. The van der Waals surface area contributed by atoms with Crippen LogP contribution in [0.3, 0.4) is 0 Å². The molecule has 0 radical (unpaired) electrons. The van der Waals surface area contributed by atoms with E-state index in [1.165, 1.54) is 6.92 Å². The molecule has 0 unspecified atom stereocenters. The van der Waals surface area contributed by atoms with Crippen molar-refractivity contribution in [2.24, 2.45) is 0 Å². The summed E-state index contributed by atoms with van der Waals surface area (Å²) < 4.78 is 12.8. The largest absolute Gasteiger partial charge is 0.497 e. The van der Waals surface area contributed by atoms with Crippen molar-refractivity contribution in [2.75, 3.05) is 13.7 Å². The predicted molar refractivity (Wildman–Crippen MR) is 72.9 cm³/mol. The molecule has 2 rings (SSSR count). The van der Waals surface area contributed by atoms with Gasteiger partial charge in [0.1, 0.15) is 5.75 Å². The SMILES string of the molecule is [2H]N(CCc1cccc2ccc(OC)cc12)C(C)=O. The molecular weight excluding hydrogens is 226 g/mol. The molecule has 2 aromatic rings. The molecule has 0 saturated carbocycles. The fourth-order valence-corrected chi connectivity index (χ4v) is 2.00. The van der Waals surface area contributed by atoms with Gasteiger partial charge in [0.2, 0.25) is 5.91 Å². The van der Waals surface area contributed by atoms with Crippen molar-refractivity contribution >= 4 is 16.7 Å². The highest BCUT2D eigenvalue weighted by Crippen LogP contribution is 2.24. The Morgan fingerprint density at radius 2 is 2.22 bits per heavy atom. The van der Waals surface area contributed by atoms with Gasteiger partial charge in [0, 0.05) is 13.5 Å². The minimum Gasteiger partial charge on any atom is -0.497 e. The van der Waals surface area contributed by atoms with E-state index in [0.717, 1.165) is 27.4 Å². The molecule has 0 fully saturated rings. The van der Waals surface area contributed by atoms with E-state index in [1.54, 1.807) is 7.11 Å². The van der Waals surface area contributed by atoms with Crippen LogP contribution in [-0.4, -0.2) is 19.6 Å². The zero-order valence-corrected chi connectivity index (χ0v) is 10.6. The number of hydrogen-bond acceptors (Lipinski definition) is 2. The maximum Gasteiger partial charge on any atom is 0.216 e. The summed E-state index contributed by atoms with van der Waals surface area (Å²) in [6, 6.07) is 12.0. The van der Waals surface area contributed by atoms with E-state index in [2.05, 4.69) is 0 Å². The minimum atomic E-state index is -0.238. The van der Waals surface area contributed by atoms with Gasteiger partial charge in [0.25, 0.3) is 0 Å². The number of benzene rings is 2. The summed E-state index contributed by atoms with van der Waals surface area (Å²) in [5.41, 5.74) is 1.12. The molecule has 0 aliphatic heterocycles. The number of amides is 1. The third-order valence-electron chi connectivity index (χ3n) is 2.90. The van der Waals surface area contributed by atoms with Crippen LogP contribution in [0.25, 0.3) is 10.8 Å².